The molecule has 8 heteroatoms. The van der Waals surface area contributed by atoms with E-state index in [1.54, 1.807) is 18.0 Å². The first kappa shape index (κ1) is 24.6. The number of ether oxygens (including phenoxy) is 2. The number of hydrogen-bond donors (Lipinski definition) is 2. The molecule has 0 aromatic rings. The van der Waals surface area contributed by atoms with E-state index in [1.807, 2.05) is 42.3 Å². The molecule has 6 aliphatic rings. The fraction of sp³-hybridized carbons (Fsp3) is 0.586. The monoisotopic (exact) mass is 508 g/mol. The molecule has 0 aromatic heterocycles. The first-order valence-electron chi connectivity index (χ1n) is 13.3. The molecule has 2 aliphatic carbocycles. The highest BCUT2D eigenvalue weighted by Gasteiger charge is 2.66. The number of fused-ring (bicyclic) bond motifs is 2. The van der Waals surface area contributed by atoms with Crippen LogP contribution >= 0.6 is 0 Å². The first-order valence-corrected chi connectivity index (χ1v) is 13.3. The molecule has 6 rings (SSSR count). The van der Waals surface area contributed by atoms with Crippen molar-refractivity contribution in [2.75, 3.05) is 26.8 Å². The number of likely N-dealkylation sites (N-methyl/N-ethyl adjacent to an activating group) is 1. The SMILES string of the molecule is CN1C(=O)CN2C=C(/C=C3C=C(/C=C/C4C5(CCC6[C@]4(C)CC[C@@H](O)[C@@]6(C)CO)CO5)C(=O)O\3)C=CC21. The highest BCUT2D eigenvalue weighted by Crippen LogP contribution is 2.65. The molecule has 0 aromatic carbocycles. The molecular formula is C29H36N2O6. The van der Waals surface area contributed by atoms with Gasteiger partial charge in [-0.05, 0) is 60.8 Å². The van der Waals surface area contributed by atoms with Crippen molar-refractivity contribution in [3.8, 4) is 0 Å². The van der Waals surface area contributed by atoms with Crippen molar-refractivity contribution in [2.24, 2.45) is 22.7 Å². The van der Waals surface area contributed by atoms with Gasteiger partial charge in [-0.25, -0.2) is 4.79 Å². The minimum absolute atomic E-state index is 0.0444. The molecular weight excluding hydrogens is 472 g/mol. The lowest BCUT2D eigenvalue weighted by molar-refractivity contribution is -0.167. The van der Waals surface area contributed by atoms with E-state index in [0.29, 0.717) is 30.9 Å². The van der Waals surface area contributed by atoms with Crippen molar-refractivity contribution in [1.29, 1.82) is 0 Å². The van der Waals surface area contributed by atoms with E-state index in [9.17, 15) is 19.8 Å². The molecule has 4 unspecified atom stereocenters. The summed E-state index contributed by atoms with van der Waals surface area (Å²) in [6, 6.07) is 0. The second kappa shape index (κ2) is 8.41. The molecule has 4 fully saturated rings. The Balaban J connectivity index is 1.24. The Morgan fingerprint density at radius 2 is 2.00 bits per heavy atom. The summed E-state index contributed by atoms with van der Waals surface area (Å²) < 4.78 is 11.6. The Morgan fingerprint density at radius 1 is 1.22 bits per heavy atom. The molecule has 2 saturated heterocycles. The van der Waals surface area contributed by atoms with Crippen LogP contribution in [0.4, 0.5) is 0 Å². The first-order chi connectivity index (χ1) is 17.6. The summed E-state index contributed by atoms with van der Waals surface area (Å²) in [7, 11) is 1.79. The quantitative estimate of drug-likeness (QED) is 0.444. The standard InChI is InChI=1S/C29H36N2O6/c1-27-10-9-23(33)28(2,16-32)21(27)8-11-29(17-36-29)22(27)6-5-19-13-20(37-26(19)35)12-18-4-7-24-30(3)25(34)15-31(24)14-18/h4-7,12-14,21-24,32-33H,8-11,15-17H2,1-3H3/b6-5+,20-12+/t21?,22?,23-,24?,27+,28+,29?/m1/s1. The average molecular weight is 509 g/mol. The van der Waals surface area contributed by atoms with Crippen molar-refractivity contribution in [1.82, 2.24) is 9.80 Å². The van der Waals surface area contributed by atoms with E-state index in [2.05, 4.69) is 13.0 Å². The maximum absolute atomic E-state index is 12.7. The fourth-order valence-electron chi connectivity index (χ4n) is 7.71. The van der Waals surface area contributed by atoms with Gasteiger partial charge >= 0.3 is 5.97 Å². The Labute approximate surface area is 217 Å². The van der Waals surface area contributed by atoms with Crippen LogP contribution in [0, 0.1) is 22.7 Å². The number of hydrogen-bond acceptors (Lipinski definition) is 7. The third-order valence-electron chi connectivity index (χ3n) is 10.0. The predicted octanol–water partition coefficient (Wildman–Crippen LogP) is 2.42. The molecule has 4 heterocycles. The maximum Gasteiger partial charge on any atom is 0.343 e. The molecule has 1 amide bonds. The molecule has 8 nitrogen and oxygen atoms in total. The molecule has 2 saturated carbocycles. The molecule has 37 heavy (non-hydrogen) atoms. The molecule has 1 spiro atoms. The van der Waals surface area contributed by atoms with Crippen molar-refractivity contribution in [2.45, 2.75) is 57.4 Å². The van der Waals surface area contributed by atoms with Gasteiger partial charge in [0.15, 0.2) is 0 Å². The van der Waals surface area contributed by atoms with Crippen LogP contribution in [0.3, 0.4) is 0 Å². The number of carbonyl (C=O) groups excluding carboxylic acids is 2. The molecule has 4 aliphatic heterocycles. The molecule has 0 radical (unpaired) electrons. The Bertz CT molecular complexity index is 1180. The van der Waals surface area contributed by atoms with Crippen molar-refractivity contribution >= 4 is 11.9 Å². The van der Waals surface area contributed by atoms with Crippen molar-refractivity contribution in [3.05, 3.63) is 59.6 Å². The number of esters is 1. The summed E-state index contributed by atoms with van der Waals surface area (Å²) >= 11 is 0. The van der Waals surface area contributed by atoms with E-state index in [1.165, 1.54) is 0 Å². The third kappa shape index (κ3) is 3.75. The van der Waals surface area contributed by atoms with Crippen molar-refractivity contribution in [3.63, 3.8) is 0 Å². The summed E-state index contributed by atoms with van der Waals surface area (Å²) in [6.07, 6.45) is 16.1. The van der Waals surface area contributed by atoms with Crippen LogP contribution in [0.15, 0.2) is 59.6 Å². The van der Waals surface area contributed by atoms with Gasteiger partial charge in [0.05, 0.1) is 37.0 Å². The summed E-state index contributed by atoms with van der Waals surface area (Å²) in [5, 5.41) is 21.0. The van der Waals surface area contributed by atoms with Gasteiger partial charge < -0.3 is 29.5 Å². The summed E-state index contributed by atoms with van der Waals surface area (Å²) in [5.74, 6) is 0.381. The van der Waals surface area contributed by atoms with Gasteiger partial charge in [0, 0.05) is 24.6 Å². The predicted molar refractivity (Wildman–Crippen MR) is 135 cm³/mol. The number of epoxide rings is 1. The van der Waals surface area contributed by atoms with E-state index >= 15 is 0 Å². The highest BCUT2D eigenvalue weighted by atomic mass is 16.6. The molecule has 0 bridgehead atoms. The van der Waals surface area contributed by atoms with Gasteiger partial charge in [-0.1, -0.05) is 32.1 Å². The fourth-order valence-corrected chi connectivity index (χ4v) is 7.71. The van der Waals surface area contributed by atoms with Gasteiger partial charge in [-0.2, -0.15) is 0 Å². The number of carbonyl (C=O) groups is 2. The number of allylic oxidation sites excluding steroid dienone is 4. The van der Waals surface area contributed by atoms with Crippen LogP contribution in [0.25, 0.3) is 0 Å². The van der Waals surface area contributed by atoms with Crippen LogP contribution in [0.5, 0.6) is 0 Å². The molecule has 198 valence electrons. The Hall–Kier alpha value is -2.68. The normalized spacial score (nSPS) is 43.9. The number of aliphatic hydroxyl groups is 2. The van der Waals surface area contributed by atoms with Gasteiger partial charge in [0.1, 0.15) is 11.9 Å². The van der Waals surface area contributed by atoms with Crippen LogP contribution in [0.2, 0.25) is 0 Å². The van der Waals surface area contributed by atoms with Crippen molar-refractivity contribution < 1.29 is 29.3 Å². The lowest BCUT2D eigenvalue weighted by Crippen LogP contribution is -2.60. The van der Waals surface area contributed by atoms with Gasteiger partial charge in [-0.15, -0.1) is 0 Å². The van der Waals surface area contributed by atoms with Gasteiger partial charge in [0.2, 0.25) is 5.91 Å². The number of nitrogens with zero attached hydrogens (tertiary/aromatic N) is 2. The maximum atomic E-state index is 12.7. The minimum Gasteiger partial charge on any atom is -0.423 e. The van der Waals surface area contributed by atoms with E-state index in [-0.39, 0.29) is 47.5 Å². The number of cyclic esters (lactones) is 1. The highest BCUT2D eigenvalue weighted by molar-refractivity contribution is 5.95. The van der Waals surface area contributed by atoms with E-state index < -0.39 is 11.5 Å². The largest absolute Gasteiger partial charge is 0.423 e. The topological polar surface area (TPSA) is 103 Å². The second-order valence-corrected chi connectivity index (χ2v) is 12.1. The van der Waals surface area contributed by atoms with Crippen LogP contribution < -0.4 is 0 Å². The third-order valence-corrected chi connectivity index (χ3v) is 10.0. The zero-order valence-corrected chi connectivity index (χ0v) is 21.7. The number of amides is 1. The Morgan fingerprint density at radius 3 is 2.73 bits per heavy atom. The average Bonchev–Trinajstić information content (AvgIpc) is 3.47. The summed E-state index contributed by atoms with van der Waals surface area (Å²) in [5.41, 5.74) is 0.421. The van der Waals surface area contributed by atoms with Gasteiger partial charge in [-0.3, -0.25) is 4.79 Å². The van der Waals surface area contributed by atoms with E-state index in [0.717, 1.165) is 24.8 Å². The summed E-state index contributed by atoms with van der Waals surface area (Å²) in [6.45, 7) is 5.26. The molecule has 7 atom stereocenters. The Kier molecular flexibility index (Phi) is 5.60. The zero-order valence-electron chi connectivity index (χ0n) is 21.7. The molecule has 2 N–H and O–H groups in total. The van der Waals surface area contributed by atoms with Crippen LogP contribution in [-0.4, -0.2) is 76.6 Å². The minimum atomic E-state index is -0.550. The van der Waals surface area contributed by atoms with Crippen LogP contribution in [0.1, 0.15) is 39.5 Å². The van der Waals surface area contributed by atoms with E-state index in [4.69, 9.17) is 9.47 Å². The lowest BCUT2D eigenvalue weighted by Gasteiger charge is -2.60. The zero-order chi connectivity index (χ0) is 26.2. The van der Waals surface area contributed by atoms with Crippen LogP contribution in [-0.2, 0) is 19.1 Å². The number of aliphatic hydroxyl groups excluding tert-OH is 2. The summed E-state index contributed by atoms with van der Waals surface area (Å²) in [4.78, 5) is 28.4. The lowest BCUT2D eigenvalue weighted by atomic mass is 9.45. The second-order valence-electron chi connectivity index (χ2n) is 12.1. The smallest absolute Gasteiger partial charge is 0.343 e. The van der Waals surface area contributed by atoms with Gasteiger partial charge in [0.25, 0.3) is 0 Å². The number of rotatable bonds is 4.